The first-order valence-electron chi connectivity index (χ1n) is 9.54. The Morgan fingerprint density at radius 2 is 2.07 bits per heavy atom. The summed E-state index contributed by atoms with van der Waals surface area (Å²) in [4.78, 5) is 33.3. The number of nitrogens with zero attached hydrogens (tertiary/aromatic N) is 2. The fourth-order valence-corrected chi connectivity index (χ4v) is 3.65. The highest BCUT2D eigenvalue weighted by molar-refractivity contribution is 6.03. The van der Waals surface area contributed by atoms with Crippen LogP contribution < -0.4 is 15.6 Å². The highest BCUT2D eigenvalue weighted by Crippen LogP contribution is 2.28. The van der Waals surface area contributed by atoms with E-state index >= 15 is 0 Å². The van der Waals surface area contributed by atoms with E-state index in [0.717, 1.165) is 21.9 Å². The van der Waals surface area contributed by atoms with Gasteiger partial charge in [-0.1, -0.05) is 0 Å². The van der Waals surface area contributed by atoms with Crippen molar-refractivity contribution in [3.8, 4) is 16.9 Å². The third-order valence-corrected chi connectivity index (χ3v) is 5.00. The average Bonchev–Trinajstić information content (AvgIpc) is 3.22. The van der Waals surface area contributed by atoms with Crippen LogP contribution in [0.2, 0.25) is 0 Å². The first-order chi connectivity index (χ1) is 14.1. The van der Waals surface area contributed by atoms with Gasteiger partial charge in [0.2, 0.25) is 0 Å². The van der Waals surface area contributed by atoms with Gasteiger partial charge in [0.15, 0.2) is 0 Å². The van der Waals surface area contributed by atoms with E-state index in [4.69, 9.17) is 4.74 Å². The van der Waals surface area contributed by atoms with Crippen molar-refractivity contribution in [1.29, 1.82) is 0 Å². The lowest BCUT2D eigenvalue weighted by molar-refractivity contribution is 0.0955. The second-order valence-electron chi connectivity index (χ2n) is 6.72. The number of pyridine rings is 2. The van der Waals surface area contributed by atoms with E-state index in [2.05, 4.69) is 15.3 Å². The molecule has 0 atom stereocenters. The van der Waals surface area contributed by atoms with Crippen molar-refractivity contribution in [2.75, 3.05) is 13.7 Å². The second-order valence-corrected chi connectivity index (χ2v) is 6.72. The average molecular weight is 390 g/mol. The van der Waals surface area contributed by atoms with Gasteiger partial charge in [-0.2, -0.15) is 0 Å². The summed E-state index contributed by atoms with van der Waals surface area (Å²) in [7, 11) is 1.54. The van der Waals surface area contributed by atoms with Crippen LogP contribution in [0, 0.1) is 0 Å². The van der Waals surface area contributed by atoms with Crippen LogP contribution in [-0.4, -0.2) is 34.1 Å². The number of hydrogen-bond donors (Lipinski definition) is 2. The molecule has 29 heavy (non-hydrogen) atoms. The number of aromatic nitrogens is 3. The monoisotopic (exact) mass is 390 g/mol. The first kappa shape index (κ1) is 18.7. The highest BCUT2D eigenvalue weighted by Gasteiger charge is 2.16. The minimum Gasteiger partial charge on any atom is -0.497 e. The molecule has 0 aliphatic heterocycles. The van der Waals surface area contributed by atoms with Gasteiger partial charge in [0.25, 0.3) is 11.5 Å². The van der Waals surface area contributed by atoms with E-state index in [1.807, 2.05) is 32.2 Å². The standard InChI is InChI=1S/C22H22N4O3/c1-4-23-21(27)14-8-13(9-16(10-14)29-3)18-11-15-12-25-20-17(6-7-24-20)19(15)26(5-2)22(18)28/h6-12H,4-5H2,1-3H3,(H,23,27)(H,24,25). The number of amides is 1. The number of carbonyl (C=O) groups excluding carboxylic acids is 1. The fraction of sp³-hybridized carbons (Fsp3) is 0.227. The van der Waals surface area contributed by atoms with Crippen LogP contribution in [0.3, 0.4) is 0 Å². The van der Waals surface area contributed by atoms with Crippen molar-refractivity contribution >= 4 is 27.8 Å². The normalized spacial score (nSPS) is 11.1. The van der Waals surface area contributed by atoms with Crippen molar-refractivity contribution in [3.63, 3.8) is 0 Å². The lowest BCUT2D eigenvalue weighted by Gasteiger charge is -2.14. The van der Waals surface area contributed by atoms with Gasteiger partial charge in [-0.25, -0.2) is 4.98 Å². The maximum Gasteiger partial charge on any atom is 0.258 e. The molecular formula is C22H22N4O3. The SMILES string of the molecule is CCNC(=O)c1cc(OC)cc(-c2cc3cnc4[nH]ccc4c3n(CC)c2=O)c1. The smallest absolute Gasteiger partial charge is 0.258 e. The number of aryl methyl sites for hydroxylation is 1. The van der Waals surface area contributed by atoms with Gasteiger partial charge >= 0.3 is 0 Å². The van der Waals surface area contributed by atoms with E-state index < -0.39 is 0 Å². The molecule has 0 radical (unpaired) electrons. The van der Waals surface area contributed by atoms with Crippen LogP contribution in [0.5, 0.6) is 5.75 Å². The van der Waals surface area contributed by atoms with Gasteiger partial charge in [0, 0.05) is 47.4 Å². The summed E-state index contributed by atoms with van der Waals surface area (Å²) in [6.45, 7) is 4.83. The van der Waals surface area contributed by atoms with E-state index in [1.54, 1.807) is 29.0 Å². The molecule has 1 aromatic carbocycles. The molecule has 0 bridgehead atoms. The lowest BCUT2D eigenvalue weighted by Crippen LogP contribution is -2.23. The predicted octanol–water partition coefficient (Wildman–Crippen LogP) is 3.32. The number of carbonyl (C=O) groups is 1. The van der Waals surface area contributed by atoms with Crippen LogP contribution in [0.25, 0.3) is 33.1 Å². The van der Waals surface area contributed by atoms with Crippen LogP contribution in [0.15, 0.2) is 47.5 Å². The van der Waals surface area contributed by atoms with Crippen LogP contribution in [0.1, 0.15) is 24.2 Å². The second kappa shape index (κ2) is 7.43. The lowest BCUT2D eigenvalue weighted by atomic mass is 10.0. The number of H-pyrrole nitrogens is 1. The summed E-state index contributed by atoms with van der Waals surface area (Å²) in [6, 6.07) is 8.92. The number of fused-ring (bicyclic) bond motifs is 3. The van der Waals surface area contributed by atoms with E-state index in [-0.39, 0.29) is 11.5 Å². The summed E-state index contributed by atoms with van der Waals surface area (Å²) in [5, 5.41) is 4.55. The topological polar surface area (TPSA) is 89.0 Å². The molecule has 3 aromatic heterocycles. The van der Waals surface area contributed by atoms with Gasteiger partial charge in [-0.3, -0.25) is 9.59 Å². The number of rotatable bonds is 5. The number of aromatic amines is 1. The third kappa shape index (κ3) is 3.14. The Bertz CT molecular complexity index is 1290. The zero-order valence-corrected chi connectivity index (χ0v) is 16.6. The molecule has 7 heteroatoms. The zero-order chi connectivity index (χ0) is 20.5. The Labute approximate surface area is 167 Å². The fourth-order valence-electron chi connectivity index (χ4n) is 3.65. The molecular weight excluding hydrogens is 368 g/mol. The van der Waals surface area contributed by atoms with Crippen molar-refractivity contribution < 1.29 is 9.53 Å². The Morgan fingerprint density at radius 1 is 1.24 bits per heavy atom. The first-order valence-corrected chi connectivity index (χ1v) is 9.54. The van der Waals surface area contributed by atoms with E-state index in [1.165, 1.54) is 7.11 Å². The summed E-state index contributed by atoms with van der Waals surface area (Å²) in [5.74, 6) is 0.311. The summed E-state index contributed by atoms with van der Waals surface area (Å²) < 4.78 is 7.11. The highest BCUT2D eigenvalue weighted by atomic mass is 16.5. The largest absolute Gasteiger partial charge is 0.497 e. The summed E-state index contributed by atoms with van der Waals surface area (Å²) in [6.07, 6.45) is 3.57. The van der Waals surface area contributed by atoms with Gasteiger partial charge in [0.05, 0.1) is 12.6 Å². The number of ether oxygens (including phenoxy) is 1. The Hall–Kier alpha value is -3.61. The minimum absolute atomic E-state index is 0.121. The molecule has 3 heterocycles. The van der Waals surface area contributed by atoms with E-state index in [0.29, 0.717) is 35.5 Å². The molecule has 4 aromatic rings. The van der Waals surface area contributed by atoms with Crippen LogP contribution in [-0.2, 0) is 6.54 Å². The molecule has 0 aliphatic rings. The van der Waals surface area contributed by atoms with Crippen molar-refractivity contribution in [3.05, 3.63) is 58.6 Å². The molecule has 2 N–H and O–H groups in total. The zero-order valence-electron chi connectivity index (χ0n) is 16.6. The van der Waals surface area contributed by atoms with Crippen molar-refractivity contribution in [2.24, 2.45) is 0 Å². The predicted molar refractivity (Wildman–Crippen MR) is 114 cm³/mol. The van der Waals surface area contributed by atoms with Crippen molar-refractivity contribution in [2.45, 2.75) is 20.4 Å². The third-order valence-electron chi connectivity index (χ3n) is 5.00. The minimum atomic E-state index is -0.208. The van der Waals surface area contributed by atoms with Gasteiger partial charge < -0.3 is 19.6 Å². The molecule has 0 saturated heterocycles. The van der Waals surface area contributed by atoms with Crippen LogP contribution in [0.4, 0.5) is 0 Å². The van der Waals surface area contributed by atoms with Gasteiger partial charge in [-0.15, -0.1) is 0 Å². The summed E-state index contributed by atoms with van der Waals surface area (Å²) in [5.41, 5.74) is 3.05. The maximum absolute atomic E-state index is 13.4. The van der Waals surface area contributed by atoms with Crippen molar-refractivity contribution in [1.82, 2.24) is 19.9 Å². The number of hydrogen-bond acceptors (Lipinski definition) is 4. The molecule has 1 amide bonds. The van der Waals surface area contributed by atoms with Crippen LogP contribution >= 0.6 is 0 Å². The number of benzene rings is 1. The number of nitrogens with one attached hydrogen (secondary N) is 2. The quantitative estimate of drug-likeness (QED) is 0.547. The molecule has 4 rings (SSSR count). The molecule has 7 nitrogen and oxygen atoms in total. The molecule has 0 aliphatic carbocycles. The molecule has 0 unspecified atom stereocenters. The summed E-state index contributed by atoms with van der Waals surface area (Å²) >= 11 is 0. The maximum atomic E-state index is 13.4. The van der Waals surface area contributed by atoms with Gasteiger partial charge in [0.1, 0.15) is 11.4 Å². The molecule has 0 spiro atoms. The Balaban J connectivity index is 2.00. The Morgan fingerprint density at radius 3 is 2.79 bits per heavy atom. The molecule has 148 valence electrons. The van der Waals surface area contributed by atoms with E-state index in [9.17, 15) is 9.59 Å². The molecule has 0 saturated carbocycles. The van der Waals surface area contributed by atoms with Gasteiger partial charge in [-0.05, 0) is 49.7 Å². The Kier molecular flexibility index (Phi) is 4.80. The number of methoxy groups -OCH3 is 1. The molecule has 0 fully saturated rings.